The van der Waals surface area contributed by atoms with Crippen molar-refractivity contribution in [3.63, 3.8) is 0 Å². The van der Waals surface area contributed by atoms with Crippen molar-refractivity contribution in [2.24, 2.45) is 5.92 Å². The minimum absolute atomic E-state index is 0.102. The van der Waals surface area contributed by atoms with Crippen LogP contribution < -0.4 is 16.0 Å². The summed E-state index contributed by atoms with van der Waals surface area (Å²) >= 11 is 0. The van der Waals surface area contributed by atoms with E-state index in [9.17, 15) is 19.2 Å². The Morgan fingerprint density at radius 3 is 2.52 bits per heavy atom. The summed E-state index contributed by atoms with van der Waals surface area (Å²) in [5, 5.41) is 18.1. The van der Waals surface area contributed by atoms with Crippen molar-refractivity contribution in [2.75, 3.05) is 7.05 Å². The third-order valence-electron chi connectivity index (χ3n) is 6.30. The van der Waals surface area contributed by atoms with Gasteiger partial charge in [0.1, 0.15) is 11.9 Å². The zero-order chi connectivity index (χ0) is 22.0. The highest BCUT2D eigenvalue weighted by Crippen LogP contribution is 2.35. The molecule has 1 saturated heterocycles. The van der Waals surface area contributed by atoms with Crippen LogP contribution in [0.15, 0.2) is 42.5 Å². The Kier molecular flexibility index (Phi) is 6.01. The molecular weight excluding hydrogens is 395 g/mol. The van der Waals surface area contributed by atoms with E-state index in [2.05, 4.69) is 22.0 Å². The largest absolute Gasteiger partial charge is 0.355 e. The quantitative estimate of drug-likeness (QED) is 0.670. The average Bonchev–Trinajstić information content (AvgIpc) is 3.43. The number of nitriles is 1. The standard InChI is InChI=1S/C24H25FN4O2/c1-27-23(30)15-4-2-14(3-5-15)16-6-7-17(21(25)12-16)10-20(13-26)29-24(31)22-18-8-9-19(11-18)28-22/h2-7,12,18-20,22,28H,8-11H2,1H3,(H,27,30)(H,29,31)/t18-,19+,20-,22-/m0/s1. The van der Waals surface area contributed by atoms with Crippen LogP contribution >= 0.6 is 0 Å². The summed E-state index contributed by atoms with van der Waals surface area (Å²) in [6.45, 7) is 0. The lowest BCUT2D eigenvalue weighted by molar-refractivity contribution is -0.124. The van der Waals surface area contributed by atoms with E-state index < -0.39 is 11.9 Å². The third-order valence-corrected chi connectivity index (χ3v) is 6.30. The Morgan fingerprint density at radius 2 is 1.94 bits per heavy atom. The summed E-state index contributed by atoms with van der Waals surface area (Å²) in [7, 11) is 1.57. The molecule has 1 saturated carbocycles. The zero-order valence-electron chi connectivity index (χ0n) is 17.3. The molecule has 2 amide bonds. The molecule has 7 heteroatoms. The number of piperidine rings is 1. The summed E-state index contributed by atoms with van der Waals surface area (Å²) in [5.74, 6) is -0.458. The molecule has 2 aliphatic rings. The number of amides is 2. The van der Waals surface area contributed by atoms with Crippen molar-refractivity contribution in [3.05, 3.63) is 59.4 Å². The van der Waals surface area contributed by atoms with Crippen LogP contribution in [-0.4, -0.2) is 37.0 Å². The maximum atomic E-state index is 14.8. The molecule has 6 nitrogen and oxygen atoms in total. The molecular formula is C24H25FN4O2. The SMILES string of the molecule is CNC(=O)c1ccc(-c2ccc(C[C@@H](C#N)NC(=O)[C@H]3N[C@@H]4CC[C@H]3C4)c(F)c2)cc1. The fraction of sp³-hybridized carbons (Fsp3) is 0.375. The first-order chi connectivity index (χ1) is 15.0. The Bertz CT molecular complexity index is 1030. The summed E-state index contributed by atoms with van der Waals surface area (Å²) < 4.78 is 14.8. The molecule has 2 fully saturated rings. The van der Waals surface area contributed by atoms with Crippen molar-refractivity contribution < 1.29 is 14.0 Å². The van der Waals surface area contributed by atoms with Crippen molar-refractivity contribution in [1.82, 2.24) is 16.0 Å². The van der Waals surface area contributed by atoms with E-state index in [1.807, 2.05) is 0 Å². The normalized spacial score (nSPS) is 22.5. The summed E-state index contributed by atoms with van der Waals surface area (Å²) in [5.41, 5.74) is 2.36. The van der Waals surface area contributed by atoms with Crippen molar-refractivity contribution in [3.8, 4) is 17.2 Å². The lowest BCUT2D eigenvalue weighted by Gasteiger charge is -2.23. The van der Waals surface area contributed by atoms with E-state index in [4.69, 9.17) is 0 Å². The molecule has 0 aromatic heterocycles. The number of benzene rings is 2. The van der Waals surface area contributed by atoms with Gasteiger partial charge in [-0.3, -0.25) is 9.59 Å². The van der Waals surface area contributed by atoms with Gasteiger partial charge >= 0.3 is 0 Å². The number of fused-ring (bicyclic) bond motifs is 2. The van der Waals surface area contributed by atoms with Crippen LogP contribution in [-0.2, 0) is 11.2 Å². The lowest BCUT2D eigenvalue weighted by atomic mass is 9.97. The topological polar surface area (TPSA) is 94.0 Å². The molecule has 0 radical (unpaired) electrons. The number of carbonyl (C=O) groups excluding carboxylic acids is 2. The first-order valence-electron chi connectivity index (χ1n) is 10.6. The van der Waals surface area contributed by atoms with Crippen molar-refractivity contribution >= 4 is 11.8 Å². The molecule has 1 aliphatic carbocycles. The molecule has 1 heterocycles. The van der Waals surface area contributed by atoms with Gasteiger partial charge < -0.3 is 16.0 Å². The summed E-state index contributed by atoms with van der Waals surface area (Å²) in [6.07, 6.45) is 3.25. The number of carbonyl (C=O) groups is 2. The van der Waals surface area contributed by atoms with E-state index >= 15 is 0 Å². The molecule has 0 unspecified atom stereocenters. The van der Waals surface area contributed by atoms with Crippen LogP contribution in [0.3, 0.4) is 0 Å². The van der Waals surface area contributed by atoms with Crippen LogP contribution in [0.25, 0.3) is 11.1 Å². The fourth-order valence-electron chi connectivity index (χ4n) is 4.61. The molecule has 1 aliphatic heterocycles. The van der Waals surface area contributed by atoms with Gasteiger partial charge in [0.05, 0.1) is 12.1 Å². The van der Waals surface area contributed by atoms with Gasteiger partial charge in [0.2, 0.25) is 5.91 Å². The highest BCUT2D eigenvalue weighted by atomic mass is 19.1. The zero-order valence-corrected chi connectivity index (χ0v) is 17.3. The average molecular weight is 420 g/mol. The maximum absolute atomic E-state index is 14.8. The van der Waals surface area contributed by atoms with E-state index in [-0.39, 0.29) is 24.3 Å². The molecule has 31 heavy (non-hydrogen) atoms. The van der Waals surface area contributed by atoms with Crippen LogP contribution in [0.5, 0.6) is 0 Å². The number of nitrogens with zero attached hydrogens (tertiary/aromatic N) is 1. The van der Waals surface area contributed by atoms with E-state index in [1.165, 1.54) is 6.07 Å². The van der Waals surface area contributed by atoms with Crippen LogP contribution in [0, 0.1) is 23.1 Å². The second-order valence-corrected chi connectivity index (χ2v) is 8.27. The highest BCUT2D eigenvalue weighted by Gasteiger charge is 2.43. The second-order valence-electron chi connectivity index (χ2n) is 8.27. The van der Waals surface area contributed by atoms with Crippen molar-refractivity contribution in [1.29, 1.82) is 5.26 Å². The molecule has 2 aromatic rings. The maximum Gasteiger partial charge on any atom is 0.251 e. The van der Waals surface area contributed by atoms with E-state index in [0.29, 0.717) is 28.7 Å². The highest BCUT2D eigenvalue weighted by molar-refractivity contribution is 5.94. The first-order valence-corrected chi connectivity index (χ1v) is 10.6. The van der Waals surface area contributed by atoms with Crippen LogP contribution in [0.2, 0.25) is 0 Å². The molecule has 2 aromatic carbocycles. The van der Waals surface area contributed by atoms with Gasteiger partial charge in [-0.25, -0.2) is 4.39 Å². The number of nitrogens with one attached hydrogen (secondary N) is 3. The van der Waals surface area contributed by atoms with Gasteiger partial charge in [0.15, 0.2) is 0 Å². The molecule has 3 N–H and O–H groups in total. The summed E-state index contributed by atoms with van der Waals surface area (Å²) in [6, 6.07) is 13.2. The minimum atomic E-state index is -0.791. The number of hydrogen-bond donors (Lipinski definition) is 3. The van der Waals surface area contributed by atoms with Crippen LogP contribution in [0.1, 0.15) is 35.2 Å². The predicted octanol–water partition coefficient (Wildman–Crippen LogP) is 2.54. The Hall–Kier alpha value is -3.24. The van der Waals surface area contributed by atoms with E-state index in [0.717, 1.165) is 24.8 Å². The van der Waals surface area contributed by atoms with Gasteiger partial charge in [0.25, 0.3) is 5.91 Å². The lowest BCUT2D eigenvalue weighted by Crippen LogP contribution is -2.50. The fourth-order valence-corrected chi connectivity index (χ4v) is 4.61. The third kappa shape index (κ3) is 4.44. The first kappa shape index (κ1) is 21.0. The Labute approximate surface area is 180 Å². The van der Waals surface area contributed by atoms with Gasteiger partial charge in [-0.2, -0.15) is 5.26 Å². The number of hydrogen-bond acceptors (Lipinski definition) is 4. The number of halogens is 1. The smallest absolute Gasteiger partial charge is 0.251 e. The predicted molar refractivity (Wildman–Crippen MR) is 115 cm³/mol. The molecule has 160 valence electrons. The number of rotatable bonds is 6. The minimum Gasteiger partial charge on any atom is -0.355 e. The summed E-state index contributed by atoms with van der Waals surface area (Å²) in [4.78, 5) is 24.2. The Morgan fingerprint density at radius 1 is 1.19 bits per heavy atom. The van der Waals surface area contributed by atoms with Gasteiger partial charge in [0, 0.05) is 25.1 Å². The van der Waals surface area contributed by atoms with Gasteiger partial charge in [-0.05, 0) is 60.1 Å². The molecule has 4 atom stereocenters. The molecule has 0 spiro atoms. The Balaban J connectivity index is 1.42. The van der Waals surface area contributed by atoms with Gasteiger partial charge in [-0.15, -0.1) is 0 Å². The molecule has 4 rings (SSSR count). The second kappa shape index (κ2) is 8.86. The van der Waals surface area contributed by atoms with Gasteiger partial charge in [-0.1, -0.05) is 24.3 Å². The molecule has 2 bridgehead atoms. The van der Waals surface area contributed by atoms with E-state index in [1.54, 1.807) is 43.4 Å². The van der Waals surface area contributed by atoms with Crippen molar-refractivity contribution in [2.45, 2.75) is 43.8 Å². The van der Waals surface area contributed by atoms with Crippen LogP contribution in [0.4, 0.5) is 4.39 Å². The monoisotopic (exact) mass is 420 g/mol.